The Labute approximate surface area is 127 Å². The van der Waals surface area contributed by atoms with Crippen molar-refractivity contribution < 1.29 is 14.7 Å². The van der Waals surface area contributed by atoms with Crippen LogP contribution in [-0.2, 0) is 4.79 Å². The molecule has 2 amide bonds. The van der Waals surface area contributed by atoms with Crippen molar-refractivity contribution in [2.75, 3.05) is 26.2 Å². The van der Waals surface area contributed by atoms with E-state index in [0.29, 0.717) is 6.54 Å². The molecule has 6 nitrogen and oxygen atoms in total. The molecule has 0 aromatic carbocycles. The number of carbonyl (C=O) groups excluding carboxylic acids is 1. The van der Waals surface area contributed by atoms with E-state index in [-0.39, 0.29) is 24.7 Å². The molecule has 2 N–H and O–H groups in total. The van der Waals surface area contributed by atoms with E-state index in [1.165, 1.54) is 4.90 Å². The number of piperidine rings is 1. The molecule has 0 spiro atoms. The second kappa shape index (κ2) is 8.87. The predicted octanol–water partition coefficient (Wildman–Crippen LogP) is 1.76. The molecule has 0 bridgehead atoms. The summed E-state index contributed by atoms with van der Waals surface area (Å²) in [6.45, 7) is 8.23. The summed E-state index contributed by atoms with van der Waals surface area (Å²) < 4.78 is 0. The van der Waals surface area contributed by atoms with E-state index >= 15 is 0 Å². The molecule has 1 aliphatic rings. The Morgan fingerprint density at radius 2 is 1.90 bits per heavy atom. The van der Waals surface area contributed by atoms with Crippen LogP contribution in [0.5, 0.6) is 0 Å². The normalized spacial score (nSPS) is 17.3. The first-order valence-corrected chi connectivity index (χ1v) is 8.00. The van der Waals surface area contributed by atoms with Gasteiger partial charge in [-0.3, -0.25) is 4.79 Å². The molecule has 0 radical (unpaired) electrons. The lowest BCUT2D eigenvalue weighted by atomic mass is 10.0. The highest BCUT2D eigenvalue weighted by Gasteiger charge is 2.31. The number of carbonyl (C=O) groups is 2. The van der Waals surface area contributed by atoms with Gasteiger partial charge >= 0.3 is 12.0 Å². The Bertz CT molecular complexity index is 343. The van der Waals surface area contributed by atoms with E-state index in [4.69, 9.17) is 5.11 Å². The predicted molar refractivity (Wildman–Crippen MR) is 82.4 cm³/mol. The first kappa shape index (κ1) is 17.8. The third-order valence-corrected chi connectivity index (χ3v) is 4.13. The third-order valence-electron chi connectivity index (χ3n) is 4.13. The molecule has 0 aliphatic carbocycles. The molecule has 0 aromatic heterocycles. The van der Waals surface area contributed by atoms with E-state index in [1.807, 2.05) is 25.7 Å². The Kier molecular flexibility index (Phi) is 7.50. The van der Waals surface area contributed by atoms with Crippen LogP contribution in [0.2, 0.25) is 0 Å². The minimum absolute atomic E-state index is 0.0605. The second-order valence-corrected chi connectivity index (χ2v) is 5.74. The second-order valence-electron chi connectivity index (χ2n) is 5.74. The molecule has 1 atom stereocenters. The quantitative estimate of drug-likeness (QED) is 0.751. The summed E-state index contributed by atoms with van der Waals surface area (Å²) in [7, 11) is 0. The number of carboxylic acid groups (broad SMARTS) is 1. The average Bonchev–Trinajstić information content (AvgIpc) is 2.49. The maximum Gasteiger partial charge on any atom is 0.323 e. The van der Waals surface area contributed by atoms with Gasteiger partial charge in [0, 0.05) is 18.6 Å². The number of nitrogens with zero attached hydrogens (tertiary/aromatic N) is 2. The van der Waals surface area contributed by atoms with Gasteiger partial charge in [0.2, 0.25) is 0 Å². The van der Waals surface area contributed by atoms with Crippen LogP contribution in [0.4, 0.5) is 4.79 Å². The van der Waals surface area contributed by atoms with E-state index in [1.54, 1.807) is 0 Å². The summed E-state index contributed by atoms with van der Waals surface area (Å²) in [5, 5.41) is 12.4. The Morgan fingerprint density at radius 3 is 2.38 bits per heavy atom. The molecule has 1 fully saturated rings. The van der Waals surface area contributed by atoms with Crippen molar-refractivity contribution in [2.24, 2.45) is 0 Å². The van der Waals surface area contributed by atoms with Crippen LogP contribution in [0, 0.1) is 0 Å². The van der Waals surface area contributed by atoms with E-state index < -0.39 is 5.97 Å². The highest BCUT2D eigenvalue weighted by molar-refractivity contribution is 5.80. The minimum Gasteiger partial charge on any atom is -0.480 e. The maximum atomic E-state index is 12.8. The van der Waals surface area contributed by atoms with Gasteiger partial charge in [-0.2, -0.15) is 0 Å². The van der Waals surface area contributed by atoms with Crippen LogP contribution in [0.25, 0.3) is 0 Å². The Morgan fingerprint density at radius 1 is 1.29 bits per heavy atom. The number of hydrogen-bond donors (Lipinski definition) is 2. The van der Waals surface area contributed by atoms with Gasteiger partial charge in [0.25, 0.3) is 0 Å². The number of rotatable bonds is 7. The number of amides is 2. The van der Waals surface area contributed by atoms with Crippen LogP contribution in [0.1, 0.15) is 46.5 Å². The first-order chi connectivity index (χ1) is 10.0. The number of urea groups is 1. The van der Waals surface area contributed by atoms with Crippen LogP contribution < -0.4 is 5.32 Å². The summed E-state index contributed by atoms with van der Waals surface area (Å²) in [6, 6.07) is 0.0363. The molecular weight excluding hydrogens is 270 g/mol. The molecule has 122 valence electrons. The SMILES string of the molecule is CCCN(C(=O)N(CC(=O)O)C(C)CC)C1CCNCC1. The smallest absolute Gasteiger partial charge is 0.323 e. The van der Waals surface area contributed by atoms with Crippen molar-refractivity contribution in [1.29, 1.82) is 0 Å². The number of aliphatic carboxylic acids is 1. The zero-order valence-corrected chi connectivity index (χ0v) is 13.5. The topological polar surface area (TPSA) is 72.9 Å². The van der Waals surface area contributed by atoms with Crippen LogP contribution >= 0.6 is 0 Å². The molecule has 0 saturated carbocycles. The molecule has 21 heavy (non-hydrogen) atoms. The van der Waals surface area contributed by atoms with Crippen LogP contribution in [0.3, 0.4) is 0 Å². The van der Waals surface area contributed by atoms with Crippen LogP contribution in [0.15, 0.2) is 0 Å². The van der Waals surface area contributed by atoms with Crippen molar-refractivity contribution >= 4 is 12.0 Å². The van der Waals surface area contributed by atoms with Crippen molar-refractivity contribution in [3.05, 3.63) is 0 Å². The van der Waals surface area contributed by atoms with Gasteiger partial charge in [0.1, 0.15) is 6.54 Å². The lowest BCUT2D eigenvalue weighted by Crippen LogP contribution is -2.54. The summed E-state index contributed by atoms with van der Waals surface area (Å²) in [6.07, 6.45) is 3.52. The monoisotopic (exact) mass is 299 g/mol. The van der Waals surface area contributed by atoms with Crippen LogP contribution in [-0.4, -0.2) is 65.2 Å². The number of carboxylic acids is 1. The standard InChI is InChI=1S/C15H29N3O3/c1-4-10-17(13-6-8-16-9-7-13)15(21)18(11-14(19)20)12(3)5-2/h12-13,16H,4-11H2,1-3H3,(H,19,20). The van der Waals surface area contributed by atoms with Crippen molar-refractivity contribution in [3.63, 3.8) is 0 Å². The molecule has 1 aliphatic heterocycles. The highest BCUT2D eigenvalue weighted by Crippen LogP contribution is 2.17. The minimum atomic E-state index is -0.953. The number of hydrogen-bond acceptors (Lipinski definition) is 3. The zero-order chi connectivity index (χ0) is 15.8. The molecule has 0 aromatic rings. The fraction of sp³-hybridized carbons (Fsp3) is 0.867. The zero-order valence-electron chi connectivity index (χ0n) is 13.5. The van der Waals surface area contributed by atoms with Gasteiger partial charge in [-0.1, -0.05) is 13.8 Å². The Balaban J connectivity index is 2.85. The summed E-state index contributed by atoms with van der Waals surface area (Å²) >= 11 is 0. The van der Waals surface area contributed by atoms with E-state index in [2.05, 4.69) is 5.32 Å². The fourth-order valence-electron chi connectivity index (χ4n) is 2.74. The molecule has 1 rings (SSSR count). The van der Waals surface area contributed by atoms with Gasteiger partial charge in [-0.25, -0.2) is 4.79 Å². The Hall–Kier alpha value is -1.30. The highest BCUT2D eigenvalue weighted by atomic mass is 16.4. The fourth-order valence-corrected chi connectivity index (χ4v) is 2.74. The van der Waals surface area contributed by atoms with Crippen molar-refractivity contribution in [2.45, 2.75) is 58.5 Å². The van der Waals surface area contributed by atoms with Crippen molar-refractivity contribution in [3.8, 4) is 0 Å². The van der Waals surface area contributed by atoms with Gasteiger partial charge in [0.15, 0.2) is 0 Å². The number of nitrogens with one attached hydrogen (secondary N) is 1. The molecule has 6 heteroatoms. The summed E-state index contributed by atoms with van der Waals surface area (Å²) in [5.41, 5.74) is 0. The van der Waals surface area contributed by atoms with Gasteiger partial charge in [-0.15, -0.1) is 0 Å². The van der Waals surface area contributed by atoms with E-state index in [9.17, 15) is 9.59 Å². The van der Waals surface area contributed by atoms with Gasteiger partial charge < -0.3 is 20.2 Å². The van der Waals surface area contributed by atoms with Crippen molar-refractivity contribution in [1.82, 2.24) is 15.1 Å². The molecule has 1 saturated heterocycles. The average molecular weight is 299 g/mol. The molecule has 1 heterocycles. The summed E-state index contributed by atoms with van der Waals surface area (Å²) in [5.74, 6) is -0.953. The lowest BCUT2D eigenvalue weighted by Gasteiger charge is -2.39. The first-order valence-electron chi connectivity index (χ1n) is 8.00. The lowest BCUT2D eigenvalue weighted by molar-refractivity contribution is -0.138. The van der Waals surface area contributed by atoms with Gasteiger partial charge in [0.05, 0.1) is 0 Å². The largest absolute Gasteiger partial charge is 0.480 e. The maximum absolute atomic E-state index is 12.8. The molecular formula is C15H29N3O3. The molecule has 1 unspecified atom stereocenters. The van der Waals surface area contributed by atoms with Gasteiger partial charge in [-0.05, 0) is 45.7 Å². The van der Waals surface area contributed by atoms with E-state index in [0.717, 1.165) is 38.8 Å². The third kappa shape index (κ3) is 5.19. The summed E-state index contributed by atoms with van der Waals surface area (Å²) in [4.78, 5) is 27.3.